The molecule has 24 heavy (non-hydrogen) atoms. The zero-order valence-corrected chi connectivity index (χ0v) is 14.8. The monoisotopic (exact) mass is 333 g/mol. The molecule has 1 saturated carbocycles. The van der Waals surface area contributed by atoms with Crippen molar-refractivity contribution in [1.82, 2.24) is 5.32 Å². The number of ether oxygens (including phenoxy) is 2. The van der Waals surface area contributed by atoms with Gasteiger partial charge in [-0.3, -0.25) is 9.59 Å². The van der Waals surface area contributed by atoms with Crippen LogP contribution in [0.5, 0.6) is 11.5 Å². The molecule has 5 nitrogen and oxygen atoms in total. The van der Waals surface area contributed by atoms with E-state index in [2.05, 4.69) is 5.32 Å². The van der Waals surface area contributed by atoms with Crippen molar-refractivity contribution in [3.8, 4) is 11.5 Å². The van der Waals surface area contributed by atoms with Crippen molar-refractivity contribution >= 4 is 11.7 Å². The van der Waals surface area contributed by atoms with E-state index in [-0.39, 0.29) is 11.7 Å². The molecular weight excluding hydrogens is 306 g/mol. The molecule has 1 aliphatic carbocycles. The quantitative estimate of drug-likeness (QED) is 0.777. The van der Waals surface area contributed by atoms with E-state index in [1.54, 1.807) is 25.1 Å². The summed E-state index contributed by atoms with van der Waals surface area (Å²) < 4.78 is 11.0. The first kappa shape index (κ1) is 18.3. The van der Waals surface area contributed by atoms with Gasteiger partial charge < -0.3 is 14.8 Å². The first-order chi connectivity index (χ1) is 11.5. The summed E-state index contributed by atoms with van der Waals surface area (Å²) in [6, 6.07) is 4.97. The molecule has 1 N–H and O–H groups in total. The summed E-state index contributed by atoms with van der Waals surface area (Å²) in [5, 5.41) is 2.98. The zero-order chi connectivity index (χ0) is 17.5. The van der Waals surface area contributed by atoms with Gasteiger partial charge in [0.25, 0.3) is 5.91 Å². The van der Waals surface area contributed by atoms with Gasteiger partial charge >= 0.3 is 0 Å². The summed E-state index contributed by atoms with van der Waals surface area (Å²) in [4.78, 5) is 23.7. The van der Waals surface area contributed by atoms with E-state index in [0.717, 1.165) is 0 Å². The average Bonchev–Trinajstić information content (AvgIpc) is 2.60. The summed E-state index contributed by atoms with van der Waals surface area (Å²) >= 11 is 0. The molecule has 1 amide bonds. The Hall–Kier alpha value is -2.04. The Balaban J connectivity index is 1.91. The van der Waals surface area contributed by atoms with Crippen LogP contribution in [0.4, 0.5) is 0 Å². The smallest absolute Gasteiger partial charge is 0.260 e. The second-order valence-corrected chi connectivity index (χ2v) is 6.43. The molecule has 1 atom stereocenters. The minimum Gasteiger partial charge on any atom is -0.493 e. The van der Waals surface area contributed by atoms with Gasteiger partial charge in [-0.05, 0) is 50.8 Å². The van der Waals surface area contributed by atoms with Crippen LogP contribution in [0, 0.1) is 5.92 Å². The first-order valence-corrected chi connectivity index (χ1v) is 8.64. The SMILES string of the molecule is COc1cc(C(C)=O)ccc1O[C@H](C)C(=O)NCC1CCCCC1. The van der Waals surface area contributed by atoms with Crippen molar-refractivity contribution in [2.24, 2.45) is 5.92 Å². The molecule has 0 heterocycles. The predicted molar refractivity (Wildman–Crippen MR) is 92.7 cm³/mol. The molecule has 1 fully saturated rings. The third-order valence-electron chi connectivity index (χ3n) is 4.53. The van der Waals surface area contributed by atoms with Crippen LogP contribution in [-0.4, -0.2) is 31.4 Å². The molecule has 0 aromatic heterocycles. The molecule has 0 saturated heterocycles. The molecule has 0 radical (unpaired) electrons. The van der Waals surface area contributed by atoms with Crippen molar-refractivity contribution in [2.45, 2.75) is 52.1 Å². The number of carbonyl (C=O) groups excluding carboxylic acids is 2. The molecule has 1 aliphatic rings. The van der Waals surface area contributed by atoms with Crippen LogP contribution in [-0.2, 0) is 4.79 Å². The van der Waals surface area contributed by atoms with Crippen molar-refractivity contribution in [1.29, 1.82) is 0 Å². The Labute approximate surface area is 143 Å². The van der Waals surface area contributed by atoms with Gasteiger partial charge in [0, 0.05) is 12.1 Å². The van der Waals surface area contributed by atoms with E-state index in [9.17, 15) is 9.59 Å². The van der Waals surface area contributed by atoms with Crippen LogP contribution in [0.3, 0.4) is 0 Å². The molecule has 5 heteroatoms. The van der Waals surface area contributed by atoms with Crippen molar-refractivity contribution in [2.75, 3.05) is 13.7 Å². The Bertz CT molecular complexity index is 579. The minimum absolute atomic E-state index is 0.0434. The van der Waals surface area contributed by atoms with Crippen LogP contribution in [0.15, 0.2) is 18.2 Å². The van der Waals surface area contributed by atoms with Crippen molar-refractivity contribution in [3.63, 3.8) is 0 Å². The number of hydrogen-bond acceptors (Lipinski definition) is 4. The summed E-state index contributed by atoms with van der Waals surface area (Å²) in [5.74, 6) is 1.33. The van der Waals surface area contributed by atoms with Gasteiger partial charge in [-0.1, -0.05) is 19.3 Å². The highest BCUT2D eigenvalue weighted by Gasteiger charge is 2.20. The summed E-state index contributed by atoms with van der Waals surface area (Å²) in [7, 11) is 1.51. The Kier molecular flexibility index (Phi) is 6.64. The van der Waals surface area contributed by atoms with E-state index in [1.165, 1.54) is 46.1 Å². The second kappa shape index (κ2) is 8.71. The fraction of sp³-hybridized carbons (Fsp3) is 0.579. The molecule has 2 rings (SSSR count). The van der Waals surface area contributed by atoms with Gasteiger partial charge in [0.2, 0.25) is 0 Å². The van der Waals surface area contributed by atoms with Crippen molar-refractivity contribution < 1.29 is 19.1 Å². The highest BCUT2D eigenvalue weighted by atomic mass is 16.5. The summed E-state index contributed by atoms with van der Waals surface area (Å²) in [6.45, 7) is 3.93. The fourth-order valence-corrected chi connectivity index (χ4v) is 3.01. The van der Waals surface area contributed by atoms with E-state index in [0.29, 0.717) is 29.5 Å². The lowest BCUT2D eigenvalue weighted by Gasteiger charge is -2.23. The number of Topliss-reactive ketones (excluding diaryl/α,β-unsaturated/α-hetero) is 1. The van der Waals surface area contributed by atoms with Crippen molar-refractivity contribution in [3.05, 3.63) is 23.8 Å². The van der Waals surface area contributed by atoms with Crippen LogP contribution in [0.2, 0.25) is 0 Å². The van der Waals surface area contributed by atoms with Gasteiger partial charge in [0.1, 0.15) is 0 Å². The number of hydrogen-bond donors (Lipinski definition) is 1. The highest BCUT2D eigenvalue weighted by Crippen LogP contribution is 2.29. The number of rotatable bonds is 7. The van der Waals surface area contributed by atoms with E-state index >= 15 is 0 Å². The summed E-state index contributed by atoms with van der Waals surface area (Å²) in [6.07, 6.45) is 5.58. The Morgan fingerprint density at radius 1 is 1.21 bits per heavy atom. The number of benzene rings is 1. The van der Waals surface area contributed by atoms with E-state index < -0.39 is 6.10 Å². The minimum atomic E-state index is -0.620. The topological polar surface area (TPSA) is 64.6 Å². The third-order valence-corrected chi connectivity index (χ3v) is 4.53. The maximum absolute atomic E-state index is 12.2. The number of methoxy groups -OCH3 is 1. The van der Waals surface area contributed by atoms with Crippen LogP contribution in [0.25, 0.3) is 0 Å². The van der Waals surface area contributed by atoms with Crippen LogP contribution in [0.1, 0.15) is 56.3 Å². The molecule has 0 aliphatic heterocycles. The van der Waals surface area contributed by atoms with E-state index in [1.807, 2.05) is 0 Å². The van der Waals surface area contributed by atoms with Crippen LogP contribution < -0.4 is 14.8 Å². The van der Waals surface area contributed by atoms with Gasteiger partial charge in [-0.2, -0.15) is 0 Å². The Morgan fingerprint density at radius 2 is 1.92 bits per heavy atom. The average molecular weight is 333 g/mol. The lowest BCUT2D eigenvalue weighted by Crippen LogP contribution is -2.39. The standard InChI is InChI=1S/C19H27NO4/c1-13(21)16-9-10-17(18(11-16)23-3)24-14(2)19(22)20-12-15-7-5-4-6-8-15/h9-11,14-15H,4-8,12H2,1-3H3,(H,20,22)/t14-/m1/s1. The van der Waals surface area contributed by atoms with Gasteiger partial charge in [-0.25, -0.2) is 0 Å². The fourth-order valence-electron chi connectivity index (χ4n) is 3.01. The number of amides is 1. The third kappa shape index (κ3) is 4.98. The number of nitrogens with one attached hydrogen (secondary N) is 1. The molecular formula is C19H27NO4. The van der Waals surface area contributed by atoms with Gasteiger partial charge in [-0.15, -0.1) is 0 Å². The Morgan fingerprint density at radius 3 is 2.54 bits per heavy atom. The predicted octanol–water partition coefficient (Wildman–Crippen LogP) is 3.36. The lowest BCUT2D eigenvalue weighted by atomic mass is 9.89. The maximum atomic E-state index is 12.2. The van der Waals surface area contributed by atoms with Gasteiger partial charge in [0.15, 0.2) is 23.4 Å². The molecule has 1 aromatic carbocycles. The number of ketones is 1. The van der Waals surface area contributed by atoms with E-state index in [4.69, 9.17) is 9.47 Å². The zero-order valence-electron chi connectivity index (χ0n) is 14.8. The van der Waals surface area contributed by atoms with Crippen LogP contribution >= 0.6 is 0 Å². The molecule has 0 unspecified atom stereocenters. The molecule has 1 aromatic rings. The lowest BCUT2D eigenvalue weighted by molar-refractivity contribution is -0.127. The molecule has 0 spiro atoms. The first-order valence-electron chi connectivity index (χ1n) is 8.64. The maximum Gasteiger partial charge on any atom is 0.260 e. The number of carbonyl (C=O) groups is 2. The summed E-state index contributed by atoms with van der Waals surface area (Å²) in [5.41, 5.74) is 0.550. The molecule has 132 valence electrons. The van der Waals surface area contributed by atoms with Gasteiger partial charge in [0.05, 0.1) is 7.11 Å². The normalized spacial score (nSPS) is 16.3. The largest absolute Gasteiger partial charge is 0.493 e. The highest BCUT2D eigenvalue weighted by molar-refractivity contribution is 5.94. The second-order valence-electron chi connectivity index (χ2n) is 6.43. The molecule has 0 bridgehead atoms.